The predicted molar refractivity (Wildman–Crippen MR) is 210 cm³/mol. The van der Waals surface area contributed by atoms with Gasteiger partial charge in [-0.3, -0.25) is 14.4 Å². The standard InChI is InChI=1S/C44H55NO16/c1-10-29(47)58-27-19-28-43(21-56-28,60-23(3)46)34-36(59-37(51)24-15-12-11-13-16-24)44(54)20-26(22(2)30(41(44,7)8)32(48)35(50)42(27,34)9)57-38(52)33(49)31(25-17-14-18-55-25)45-39(53)61-40(4,5)6/h11-18,26-28,31-34,36,48-49,54H,10,19-21H2,1-9H3,(H,45,53)/t26-,27-,28+,31-,32+,33+,34-,36-,42+,43-,44+/m0/s1. The zero-order valence-electron chi connectivity index (χ0n) is 35.7. The molecule has 4 N–H and O–H groups in total. The van der Waals surface area contributed by atoms with E-state index in [1.165, 1.54) is 58.2 Å². The summed E-state index contributed by atoms with van der Waals surface area (Å²) in [5.74, 6) is -6.25. The minimum absolute atomic E-state index is 0.0317. The molecule has 1 saturated heterocycles. The van der Waals surface area contributed by atoms with Gasteiger partial charge in [-0.05, 0) is 70.0 Å². The topological polar surface area (TPSA) is 244 Å². The lowest BCUT2D eigenvalue weighted by Gasteiger charge is -2.67. The van der Waals surface area contributed by atoms with E-state index in [0.717, 1.165) is 6.92 Å². The molecule has 2 bridgehead atoms. The van der Waals surface area contributed by atoms with Gasteiger partial charge in [-0.1, -0.05) is 39.0 Å². The molecule has 17 heteroatoms. The number of hydrogen-bond acceptors (Lipinski definition) is 16. The van der Waals surface area contributed by atoms with Crippen LogP contribution in [0.5, 0.6) is 0 Å². The molecule has 6 rings (SSSR count). The van der Waals surface area contributed by atoms with E-state index in [0.29, 0.717) is 0 Å². The number of alkyl carbamates (subject to hydrolysis) is 1. The molecule has 0 spiro atoms. The summed E-state index contributed by atoms with van der Waals surface area (Å²) in [5.41, 5.74) is -8.76. The summed E-state index contributed by atoms with van der Waals surface area (Å²) in [6.07, 6.45) is -10.5. The fraction of sp³-hybridized carbons (Fsp3) is 0.591. The Bertz CT molecular complexity index is 2070. The van der Waals surface area contributed by atoms with Crippen molar-refractivity contribution in [2.45, 2.75) is 141 Å². The van der Waals surface area contributed by atoms with Gasteiger partial charge in [0, 0.05) is 31.6 Å². The molecule has 3 fully saturated rings. The van der Waals surface area contributed by atoms with E-state index < -0.39 is 118 Å². The molecule has 1 aliphatic heterocycles. The van der Waals surface area contributed by atoms with E-state index in [1.54, 1.807) is 45.9 Å². The Morgan fingerprint density at radius 2 is 1.67 bits per heavy atom. The number of ketones is 1. The van der Waals surface area contributed by atoms with Crippen LogP contribution in [0.1, 0.15) is 104 Å². The first-order chi connectivity index (χ1) is 28.4. The van der Waals surface area contributed by atoms with Gasteiger partial charge in [-0.25, -0.2) is 14.4 Å². The molecule has 1 aromatic carbocycles. The molecule has 0 radical (unpaired) electrons. The third-order valence-electron chi connectivity index (χ3n) is 12.8. The summed E-state index contributed by atoms with van der Waals surface area (Å²) < 4.78 is 41.1. The molecule has 3 aliphatic carbocycles. The van der Waals surface area contributed by atoms with Crippen molar-refractivity contribution in [2.24, 2.45) is 16.7 Å². The van der Waals surface area contributed by atoms with Gasteiger partial charge in [0.1, 0.15) is 53.5 Å². The van der Waals surface area contributed by atoms with Crippen LogP contribution in [-0.2, 0) is 47.6 Å². The zero-order valence-corrected chi connectivity index (χ0v) is 35.7. The van der Waals surface area contributed by atoms with Crippen LogP contribution in [0.25, 0.3) is 0 Å². The van der Waals surface area contributed by atoms with E-state index >= 15 is 4.79 Å². The quantitative estimate of drug-likeness (QED) is 0.151. The highest BCUT2D eigenvalue weighted by molar-refractivity contribution is 5.94. The fourth-order valence-corrected chi connectivity index (χ4v) is 9.72. The molecule has 4 aliphatic rings. The van der Waals surface area contributed by atoms with Crippen molar-refractivity contribution in [3.05, 3.63) is 71.2 Å². The van der Waals surface area contributed by atoms with E-state index in [2.05, 4.69) is 5.32 Å². The monoisotopic (exact) mass is 853 g/mol. The molecule has 2 saturated carbocycles. The molecule has 11 atom stereocenters. The summed E-state index contributed by atoms with van der Waals surface area (Å²) in [4.78, 5) is 82.6. The number of benzene rings is 1. The first-order valence-electron chi connectivity index (χ1n) is 20.3. The summed E-state index contributed by atoms with van der Waals surface area (Å²) >= 11 is 0. The molecule has 17 nitrogen and oxygen atoms in total. The van der Waals surface area contributed by atoms with Gasteiger partial charge >= 0.3 is 30.0 Å². The van der Waals surface area contributed by atoms with Crippen molar-refractivity contribution in [1.29, 1.82) is 0 Å². The van der Waals surface area contributed by atoms with Gasteiger partial charge in [0.05, 0.1) is 29.8 Å². The number of amides is 1. The first kappa shape index (κ1) is 45.4. The number of hydrogen-bond donors (Lipinski definition) is 4. The maximum atomic E-state index is 15.3. The SMILES string of the molecule is CCC(=O)O[C@H]1C[C@H]2OC[C@@]2(OC(C)=O)[C@H]2[C@H](OC(=O)c3ccccc3)[C@]3(O)C[C@H](OC(=O)[C@H](O)[C@@H](NC(=O)OC(C)(C)C)c4ccco4)C(C)=C([C@@H](O)C(=O)[C@]12C)C3(C)C. The van der Waals surface area contributed by atoms with E-state index in [9.17, 15) is 39.3 Å². The number of aliphatic hydroxyl groups excluding tert-OH is 2. The molecule has 332 valence electrons. The van der Waals surface area contributed by atoms with Gasteiger partial charge in [0.15, 0.2) is 17.5 Å². The normalized spacial score (nSPS) is 32.6. The molecule has 2 heterocycles. The number of aliphatic hydroxyl groups is 3. The molecule has 1 amide bonds. The Labute approximate surface area is 353 Å². The number of carbonyl (C=O) groups excluding carboxylic acids is 6. The lowest BCUT2D eigenvalue weighted by Crippen LogP contribution is -2.82. The second-order valence-electron chi connectivity index (χ2n) is 18.0. The predicted octanol–water partition coefficient (Wildman–Crippen LogP) is 3.81. The van der Waals surface area contributed by atoms with Crippen molar-refractivity contribution in [3.8, 4) is 0 Å². The van der Waals surface area contributed by atoms with Crippen molar-refractivity contribution in [3.63, 3.8) is 0 Å². The molecular formula is C44H55NO16. The second kappa shape index (κ2) is 16.3. The third-order valence-corrected chi connectivity index (χ3v) is 12.8. The lowest BCUT2D eigenvalue weighted by molar-refractivity contribution is -0.346. The van der Waals surface area contributed by atoms with E-state index in [1.807, 2.05) is 0 Å². The number of fused-ring (bicyclic) bond motifs is 5. The van der Waals surface area contributed by atoms with Gasteiger partial charge < -0.3 is 53.5 Å². The Morgan fingerprint density at radius 1 is 1.00 bits per heavy atom. The van der Waals surface area contributed by atoms with Crippen LogP contribution in [0.15, 0.2) is 64.3 Å². The molecule has 1 aromatic heterocycles. The number of esters is 4. The zero-order chi connectivity index (χ0) is 45.0. The maximum absolute atomic E-state index is 15.3. The van der Waals surface area contributed by atoms with Crippen molar-refractivity contribution in [2.75, 3.05) is 6.61 Å². The lowest BCUT2D eigenvalue weighted by atomic mass is 9.44. The van der Waals surface area contributed by atoms with Crippen molar-refractivity contribution in [1.82, 2.24) is 5.32 Å². The first-order valence-corrected chi connectivity index (χ1v) is 20.3. The van der Waals surface area contributed by atoms with Crippen LogP contribution in [0, 0.1) is 16.7 Å². The molecular weight excluding hydrogens is 798 g/mol. The van der Waals surface area contributed by atoms with Crippen molar-refractivity contribution < 1.29 is 76.9 Å². The number of ether oxygens (including phenoxy) is 6. The highest BCUT2D eigenvalue weighted by Gasteiger charge is 2.78. The number of carbonyl (C=O) groups is 6. The van der Waals surface area contributed by atoms with Gasteiger partial charge in [-0.2, -0.15) is 0 Å². The second-order valence-corrected chi connectivity index (χ2v) is 18.0. The number of nitrogens with one attached hydrogen (secondary N) is 1. The van der Waals surface area contributed by atoms with Crippen LogP contribution >= 0.6 is 0 Å². The van der Waals surface area contributed by atoms with Crippen LogP contribution in [0.4, 0.5) is 4.79 Å². The minimum atomic E-state index is -2.41. The highest BCUT2D eigenvalue weighted by atomic mass is 16.6. The van der Waals surface area contributed by atoms with Crippen LogP contribution in [0.3, 0.4) is 0 Å². The van der Waals surface area contributed by atoms with Crippen molar-refractivity contribution >= 4 is 35.8 Å². The van der Waals surface area contributed by atoms with Gasteiger partial charge in [0.25, 0.3) is 0 Å². The highest BCUT2D eigenvalue weighted by Crippen LogP contribution is 2.64. The molecule has 2 aromatic rings. The van der Waals surface area contributed by atoms with E-state index in [-0.39, 0.29) is 41.9 Å². The molecule has 61 heavy (non-hydrogen) atoms. The number of furan rings is 1. The average Bonchev–Trinajstić information content (AvgIpc) is 3.72. The Morgan fingerprint density at radius 3 is 2.23 bits per heavy atom. The smallest absolute Gasteiger partial charge is 0.408 e. The Hall–Kier alpha value is -5.10. The van der Waals surface area contributed by atoms with Gasteiger partial charge in [0.2, 0.25) is 0 Å². The summed E-state index contributed by atoms with van der Waals surface area (Å²) in [6, 6.07) is 9.15. The Kier molecular flexibility index (Phi) is 12.1. The largest absolute Gasteiger partial charge is 0.467 e. The number of rotatable bonds is 10. The van der Waals surface area contributed by atoms with E-state index in [4.69, 9.17) is 32.8 Å². The molecule has 0 unspecified atom stereocenters. The third kappa shape index (κ3) is 7.85. The average molecular weight is 854 g/mol. The minimum Gasteiger partial charge on any atom is -0.467 e. The fourth-order valence-electron chi connectivity index (χ4n) is 9.72. The summed E-state index contributed by atoms with van der Waals surface area (Å²) in [5, 5.41) is 40.0. The Balaban J connectivity index is 1.52. The summed E-state index contributed by atoms with van der Waals surface area (Å²) in [6.45, 7) is 13.2. The van der Waals surface area contributed by atoms with Crippen LogP contribution in [-0.4, -0.2) is 111 Å². The number of Topliss-reactive ketones (excluding diaryl/α,β-unsaturated/α-hetero) is 1. The van der Waals surface area contributed by atoms with Crippen LogP contribution < -0.4 is 5.32 Å². The maximum Gasteiger partial charge on any atom is 0.408 e. The summed E-state index contributed by atoms with van der Waals surface area (Å²) in [7, 11) is 0. The van der Waals surface area contributed by atoms with Gasteiger partial charge in [-0.15, -0.1) is 0 Å². The van der Waals surface area contributed by atoms with Crippen LogP contribution in [0.2, 0.25) is 0 Å².